The molecule has 15 heteroatoms. The van der Waals surface area contributed by atoms with Crippen LogP contribution in [0.4, 0.5) is 0 Å². The number of nitrogens with zero attached hydrogens (tertiary/aromatic N) is 3. The van der Waals surface area contributed by atoms with Crippen molar-refractivity contribution < 1.29 is 28.8 Å². The van der Waals surface area contributed by atoms with Crippen molar-refractivity contribution in [3.63, 3.8) is 0 Å². The molecule has 0 aromatic carbocycles. The number of amides is 5. The van der Waals surface area contributed by atoms with E-state index in [1.807, 2.05) is 6.92 Å². The molecule has 1 aliphatic heterocycles. The summed E-state index contributed by atoms with van der Waals surface area (Å²) in [7, 11) is 0. The van der Waals surface area contributed by atoms with Crippen molar-refractivity contribution in [1.29, 1.82) is 0 Å². The third-order valence-corrected chi connectivity index (χ3v) is 9.56. The Hall–Kier alpha value is -3.20. The Bertz CT molecular complexity index is 1090. The molecule has 0 spiro atoms. The third-order valence-electron chi connectivity index (χ3n) is 5.98. The largest absolute Gasteiger partial charge is 0.363 e. The number of carbonyl (C=O) groups is 6. The lowest BCUT2D eigenvalue weighted by atomic mass is 9.85. The van der Waals surface area contributed by atoms with Gasteiger partial charge in [0.25, 0.3) is 11.8 Å². The van der Waals surface area contributed by atoms with Gasteiger partial charge >= 0.3 is 0 Å². The van der Waals surface area contributed by atoms with Gasteiger partial charge in [-0.2, -0.15) is 0 Å². The summed E-state index contributed by atoms with van der Waals surface area (Å²) in [4.78, 5) is 83.5. The Morgan fingerprint density at radius 3 is 2.27 bits per heavy atom. The first-order valence-corrected chi connectivity index (χ1v) is 14.7. The van der Waals surface area contributed by atoms with Crippen molar-refractivity contribution in [3.8, 4) is 0 Å². The smallest absolute Gasteiger partial charge is 0.286 e. The molecule has 0 radical (unpaired) electrons. The van der Waals surface area contributed by atoms with Crippen LogP contribution in [0.2, 0.25) is 0 Å². The van der Waals surface area contributed by atoms with Crippen molar-refractivity contribution in [1.82, 2.24) is 30.8 Å². The molecule has 1 aromatic rings. The van der Waals surface area contributed by atoms with Crippen molar-refractivity contribution in [2.75, 3.05) is 37.7 Å². The molecule has 2 heterocycles. The first kappa shape index (κ1) is 33.0. The van der Waals surface area contributed by atoms with Gasteiger partial charge in [0, 0.05) is 18.9 Å². The average molecular weight is 596 g/mol. The normalized spacial score (nSPS) is 15.3. The second-order valence-corrected chi connectivity index (χ2v) is 13.4. The van der Waals surface area contributed by atoms with Crippen molar-refractivity contribution in [2.45, 2.75) is 50.7 Å². The van der Waals surface area contributed by atoms with E-state index >= 15 is 0 Å². The summed E-state index contributed by atoms with van der Waals surface area (Å²) in [5.41, 5.74) is 4.24. The average Bonchev–Trinajstić information content (AvgIpc) is 2.92. The third kappa shape index (κ3) is 10.1. The van der Waals surface area contributed by atoms with Crippen LogP contribution in [-0.4, -0.2) is 98.0 Å². The van der Waals surface area contributed by atoms with Gasteiger partial charge in [-0.1, -0.05) is 27.7 Å². The first-order chi connectivity index (χ1) is 18.8. The molecule has 1 saturated heterocycles. The van der Waals surface area contributed by atoms with Gasteiger partial charge in [0.2, 0.25) is 23.5 Å². The maximum absolute atomic E-state index is 14.0. The van der Waals surface area contributed by atoms with Crippen LogP contribution < -0.4 is 21.7 Å². The number of aromatic nitrogens is 2. The molecule has 5 N–H and O–H groups in total. The van der Waals surface area contributed by atoms with E-state index in [1.54, 1.807) is 44.3 Å². The highest BCUT2D eigenvalue weighted by atomic mass is 32.2. The number of thioether (sulfide) groups is 2. The van der Waals surface area contributed by atoms with Gasteiger partial charge in [-0.05, 0) is 29.8 Å². The summed E-state index contributed by atoms with van der Waals surface area (Å²) in [6, 6.07) is -1.04. The summed E-state index contributed by atoms with van der Waals surface area (Å²) in [5.74, 6) is -2.64. The topological polar surface area (TPSA) is 194 Å². The van der Waals surface area contributed by atoms with Crippen LogP contribution in [0.3, 0.4) is 0 Å². The van der Waals surface area contributed by atoms with Gasteiger partial charge < -0.3 is 26.6 Å². The highest BCUT2D eigenvalue weighted by Crippen LogP contribution is 2.45. The Morgan fingerprint density at radius 2 is 1.73 bits per heavy atom. The van der Waals surface area contributed by atoms with E-state index < -0.39 is 59.9 Å². The molecule has 0 saturated carbocycles. The minimum absolute atomic E-state index is 0.0399. The second-order valence-electron chi connectivity index (χ2n) is 10.2. The second kappa shape index (κ2) is 15.0. The molecule has 40 heavy (non-hydrogen) atoms. The van der Waals surface area contributed by atoms with Gasteiger partial charge in [0.1, 0.15) is 11.7 Å². The van der Waals surface area contributed by atoms with Crippen LogP contribution in [-0.2, 0) is 24.0 Å². The van der Waals surface area contributed by atoms with E-state index in [0.29, 0.717) is 0 Å². The van der Waals surface area contributed by atoms with Gasteiger partial charge in [0.15, 0.2) is 0 Å². The fourth-order valence-electron chi connectivity index (χ4n) is 3.73. The Labute approximate surface area is 241 Å². The molecular weight excluding hydrogens is 558 g/mol. The highest BCUT2D eigenvalue weighted by molar-refractivity contribution is 8.18. The predicted octanol–water partition coefficient (Wildman–Crippen LogP) is -0.287. The number of carbonyl (C=O) groups excluding carboxylic acids is 6. The first-order valence-electron chi connectivity index (χ1n) is 12.8. The van der Waals surface area contributed by atoms with E-state index in [9.17, 15) is 28.8 Å². The Kier molecular flexibility index (Phi) is 12.4. The fraction of sp³-hybridized carbons (Fsp3) is 0.600. The molecule has 13 nitrogen and oxygen atoms in total. The number of primary amides is 1. The molecule has 1 atom stereocenters. The number of nitrogens with two attached hydrogens (primary N) is 1. The van der Waals surface area contributed by atoms with Gasteiger partial charge in [0.05, 0.1) is 29.9 Å². The molecular formula is C25H37N7O6S2. The van der Waals surface area contributed by atoms with E-state index in [1.165, 1.54) is 23.5 Å². The zero-order valence-electron chi connectivity index (χ0n) is 23.2. The minimum atomic E-state index is -1.17. The molecule has 1 aliphatic rings. The van der Waals surface area contributed by atoms with Gasteiger partial charge in [-0.25, -0.2) is 4.98 Å². The van der Waals surface area contributed by atoms with E-state index in [2.05, 4.69) is 25.9 Å². The lowest BCUT2D eigenvalue weighted by molar-refractivity contribution is -0.142. The van der Waals surface area contributed by atoms with Gasteiger partial charge in [-0.3, -0.25) is 33.8 Å². The van der Waals surface area contributed by atoms with Crippen molar-refractivity contribution in [2.24, 2.45) is 11.1 Å². The van der Waals surface area contributed by atoms with E-state index in [4.69, 9.17) is 5.73 Å². The summed E-state index contributed by atoms with van der Waals surface area (Å²) < 4.78 is -0.353. The Morgan fingerprint density at radius 1 is 1.05 bits per heavy atom. The number of nitrogens with one attached hydrogen (secondary N) is 3. The summed E-state index contributed by atoms with van der Waals surface area (Å²) in [6.07, 6.45) is 5.79. The molecule has 1 unspecified atom stereocenters. The van der Waals surface area contributed by atoms with Crippen LogP contribution in [0, 0.1) is 5.41 Å². The molecule has 1 fully saturated rings. The summed E-state index contributed by atoms with van der Waals surface area (Å²) in [5, 5.41) is 7.50. The van der Waals surface area contributed by atoms with E-state index in [0.717, 1.165) is 24.3 Å². The SMILES string of the molecule is CCC1(CN(CC(=O)NCC(=O)C(N)=O)C(=O)C(NC(=O)CNC(=O)c2cnccn2)C(C)(C)C)SCCCS1. The molecule has 220 valence electrons. The molecule has 0 bridgehead atoms. The Balaban J connectivity index is 2.21. The monoisotopic (exact) mass is 595 g/mol. The quantitative estimate of drug-likeness (QED) is 0.220. The fourth-order valence-corrected chi connectivity index (χ4v) is 6.97. The van der Waals surface area contributed by atoms with Crippen molar-refractivity contribution >= 4 is 58.8 Å². The van der Waals surface area contributed by atoms with Crippen LogP contribution in [0.15, 0.2) is 18.6 Å². The zero-order valence-corrected chi connectivity index (χ0v) is 24.8. The predicted molar refractivity (Wildman–Crippen MR) is 152 cm³/mol. The standard InChI is InChI=1S/C25H37N7O6S2/c1-5-25(39-9-6-10-40-25)15-32(14-19(35)29-12-17(33)21(26)36)23(38)20(24(2,3)4)31-18(34)13-30-22(37)16-11-27-7-8-28-16/h7-8,11,20H,5-6,9-10,12-15H2,1-4H3,(H2,26,36)(H,29,35)(H,30,37)(H,31,34). The number of rotatable bonds is 13. The number of ketones is 1. The lowest BCUT2D eigenvalue weighted by Gasteiger charge is -2.41. The zero-order chi connectivity index (χ0) is 29.9. The highest BCUT2D eigenvalue weighted by Gasteiger charge is 2.41. The number of hydrogen-bond acceptors (Lipinski definition) is 10. The minimum Gasteiger partial charge on any atom is -0.363 e. The number of hydrogen-bond donors (Lipinski definition) is 4. The van der Waals surface area contributed by atoms with Crippen molar-refractivity contribution in [3.05, 3.63) is 24.3 Å². The number of Topliss-reactive ketones (excluding diaryl/α,β-unsaturated/α-hetero) is 1. The lowest BCUT2D eigenvalue weighted by Crippen LogP contribution is -2.59. The van der Waals surface area contributed by atoms with Crippen LogP contribution in [0.25, 0.3) is 0 Å². The summed E-state index contributed by atoms with van der Waals surface area (Å²) in [6.45, 7) is 6.19. The summed E-state index contributed by atoms with van der Waals surface area (Å²) >= 11 is 3.45. The molecule has 1 aromatic heterocycles. The van der Waals surface area contributed by atoms with Crippen LogP contribution in [0.5, 0.6) is 0 Å². The van der Waals surface area contributed by atoms with Gasteiger partial charge in [-0.15, -0.1) is 23.5 Å². The van der Waals surface area contributed by atoms with E-state index in [-0.39, 0.29) is 22.9 Å². The molecule has 5 amide bonds. The van der Waals surface area contributed by atoms with Crippen LogP contribution in [0.1, 0.15) is 51.0 Å². The van der Waals surface area contributed by atoms with Crippen LogP contribution >= 0.6 is 23.5 Å². The maximum atomic E-state index is 14.0. The maximum Gasteiger partial charge on any atom is 0.286 e. The molecule has 2 rings (SSSR count). The molecule has 0 aliphatic carbocycles.